The summed E-state index contributed by atoms with van der Waals surface area (Å²) in [6.45, 7) is 4.59. The van der Waals surface area contributed by atoms with Crippen molar-refractivity contribution in [3.8, 4) is 0 Å². The predicted molar refractivity (Wildman–Crippen MR) is 82.7 cm³/mol. The highest BCUT2D eigenvalue weighted by Gasteiger charge is 2.20. The Labute approximate surface area is 128 Å². The van der Waals surface area contributed by atoms with Crippen LogP contribution >= 0.6 is 11.6 Å². The van der Waals surface area contributed by atoms with Crippen molar-refractivity contribution in [2.24, 2.45) is 0 Å². The van der Waals surface area contributed by atoms with E-state index in [-0.39, 0.29) is 16.9 Å². The summed E-state index contributed by atoms with van der Waals surface area (Å²) in [7, 11) is 0. The zero-order chi connectivity index (χ0) is 15.4. The Morgan fingerprint density at radius 2 is 1.90 bits per heavy atom. The van der Waals surface area contributed by atoms with Crippen molar-refractivity contribution in [1.82, 2.24) is 5.32 Å². The van der Waals surface area contributed by atoms with Crippen molar-refractivity contribution in [1.29, 1.82) is 0 Å². The summed E-state index contributed by atoms with van der Waals surface area (Å²) >= 11 is 5.88. The number of hydrogen-bond donors (Lipinski definition) is 1. The summed E-state index contributed by atoms with van der Waals surface area (Å²) in [5.41, 5.74) is 2.11. The molecule has 0 radical (unpaired) electrons. The van der Waals surface area contributed by atoms with Gasteiger partial charge in [0.2, 0.25) is 0 Å². The minimum Gasteiger partial charge on any atom is -0.306 e. The largest absolute Gasteiger partial charge is 0.306 e. The van der Waals surface area contributed by atoms with E-state index in [0.29, 0.717) is 5.56 Å². The lowest BCUT2D eigenvalue weighted by atomic mass is 9.94. The van der Waals surface area contributed by atoms with Gasteiger partial charge < -0.3 is 5.32 Å². The Morgan fingerprint density at radius 1 is 1.14 bits per heavy atom. The third-order valence-corrected chi connectivity index (χ3v) is 3.73. The highest BCUT2D eigenvalue weighted by Crippen LogP contribution is 2.30. The molecule has 4 heteroatoms. The van der Waals surface area contributed by atoms with Crippen molar-refractivity contribution < 1.29 is 8.78 Å². The molecule has 0 bridgehead atoms. The fourth-order valence-electron chi connectivity index (χ4n) is 2.38. The third-order valence-electron chi connectivity index (χ3n) is 3.43. The number of halogens is 3. The molecule has 1 atom stereocenters. The molecule has 1 nitrogen and oxygen atoms in total. The average Bonchev–Trinajstić information content (AvgIpc) is 2.45. The Balaban J connectivity index is 2.49. The van der Waals surface area contributed by atoms with Gasteiger partial charge in [0.1, 0.15) is 11.6 Å². The van der Waals surface area contributed by atoms with Gasteiger partial charge in [0.25, 0.3) is 0 Å². The molecule has 0 saturated carbocycles. The molecule has 0 saturated heterocycles. The standard InChI is InChI=1S/C17H18ClF2N/c1-3-9-21-17(13-8-7-12(19)10-11(13)2)14-5-4-6-15(18)16(14)20/h4-8,10,17,21H,3,9H2,1-2H3. The summed E-state index contributed by atoms with van der Waals surface area (Å²) in [6.07, 6.45) is 0.916. The van der Waals surface area contributed by atoms with E-state index in [1.54, 1.807) is 18.2 Å². The Morgan fingerprint density at radius 3 is 2.57 bits per heavy atom. The average molecular weight is 310 g/mol. The van der Waals surface area contributed by atoms with Gasteiger partial charge >= 0.3 is 0 Å². The van der Waals surface area contributed by atoms with Crippen LogP contribution in [-0.4, -0.2) is 6.54 Å². The van der Waals surface area contributed by atoms with Crippen LogP contribution in [0.2, 0.25) is 5.02 Å². The maximum absolute atomic E-state index is 14.3. The van der Waals surface area contributed by atoms with E-state index in [1.165, 1.54) is 18.2 Å². The second kappa shape index (κ2) is 7.01. The zero-order valence-corrected chi connectivity index (χ0v) is 12.8. The number of rotatable bonds is 5. The molecule has 1 unspecified atom stereocenters. The smallest absolute Gasteiger partial charge is 0.146 e. The van der Waals surface area contributed by atoms with E-state index in [2.05, 4.69) is 5.32 Å². The Kier molecular flexibility index (Phi) is 5.32. The summed E-state index contributed by atoms with van der Waals surface area (Å²) < 4.78 is 27.6. The highest BCUT2D eigenvalue weighted by atomic mass is 35.5. The summed E-state index contributed by atoms with van der Waals surface area (Å²) in [4.78, 5) is 0. The van der Waals surface area contributed by atoms with Crippen LogP contribution in [0.15, 0.2) is 36.4 Å². The fraction of sp³-hybridized carbons (Fsp3) is 0.294. The van der Waals surface area contributed by atoms with Gasteiger partial charge in [0, 0.05) is 5.56 Å². The van der Waals surface area contributed by atoms with Gasteiger partial charge in [0.05, 0.1) is 11.1 Å². The van der Waals surface area contributed by atoms with Crippen molar-refractivity contribution in [2.75, 3.05) is 6.54 Å². The third kappa shape index (κ3) is 3.60. The maximum Gasteiger partial charge on any atom is 0.146 e. The first-order chi connectivity index (χ1) is 10.0. The molecule has 0 aliphatic carbocycles. The van der Waals surface area contributed by atoms with Crippen molar-refractivity contribution in [3.05, 3.63) is 69.7 Å². The summed E-state index contributed by atoms with van der Waals surface area (Å²) in [5, 5.41) is 3.40. The molecule has 2 rings (SSSR count). The highest BCUT2D eigenvalue weighted by molar-refractivity contribution is 6.30. The fourth-order valence-corrected chi connectivity index (χ4v) is 2.56. The van der Waals surface area contributed by atoms with Crippen LogP contribution in [0.1, 0.15) is 36.1 Å². The molecule has 21 heavy (non-hydrogen) atoms. The van der Waals surface area contributed by atoms with Crippen LogP contribution in [0.3, 0.4) is 0 Å². The molecule has 0 aliphatic heterocycles. The normalized spacial score (nSPS) is 12.4. The lowest BCUT2D eigenvalue weighted by Gasteiger charge is -2.22. The monoisotopic (exact) mass is 309 g/mol. The molecule has 0 amide bonds. The lowest BCUT2D eigenvalue weighted by molar-refractivity contribution is 0.544. The molecule has 2 aromatic rings. The van der Waals surface area contributed by atoms with Crippen LogP contribution in [-0.2, 0) is 0 Å². The van der Waals surface area contributed by atoms with E-state index < -0.39 is 5.82 Å². The van der Waals surface area contributed by atoms with E-state index in [1.807, 2.05) is 13.8 Å². The number of hydrogen-bond acceptors (Lipinski definition) is 1. The van der Waals surface area contributed by atoms with E-state index in [4.69, 9.17) is 11.6 Å². The van der Waals surface area contributed by atoms with Crippen molar-refractivity contribution in [2.45, 2.75) is 26.3 Å². The van der Waals surface area contributed by atoms with Gasteiger partial charge in [-0.15, -0.1) is 0 Å². The van der Waals surface area contributed by atoms with Crippen LogP contribution < -0.4 is 5.32 Å². The molecule has 0 aromatic heterocycles. The Bertz CT molecular complexity index is 628. The van der Waals surface area contributed by atoms with Gasteiger partial charge in [-0.1, -0.05) is 36.7 Å². The molecule has 112 valence electrons. The van der Waals surface area contributed by atoms with E-state index in [9.17, 15) is 8.78 Å². The lowest BCUT2D eigenvalue weighted by Crippen LogP contribution is -2.25. The summed E-state index contributed by atoms with van der Waals surface area (Å²) in [6, 6.07) is 9.15. The second-order valence-corrected chi connectivity index (χ2v) is 5.44. The minimum atomic E-state index is -0.434. The molecule has 0 fully saturated rings. The number of aryl methyl sites for hydroxylation is 1. The van der Waals surface area contributed by atoms with Crippen LogP contribution in [0.5, 0.6) is 0 Å². The van der Waals surface area contributed by atoms with Gasteiger partial charge in [-0.2, -0.15) is 0 Å². The quantitative estimate of drug-likeness (QED) is 0.818. The molecule has 0 heterocycles. The first-order valence-electron chi connectivity index (χ1n) is 6.98. The van der Waals surface area contributed by atoms with Crippen LogP contribution in [0.4, 0.5) is 8.78 Å². The van der Waals surface area contributed by atoms with Crippen molar-refractivity contribution in [3.63, 3.8) is 0 Å². The maximum atomic E-state index is 14.3. The van der Waals surface area contributed by atoms with E-state index in [0.717, 1.165) is 24.1 Å². The first-order valence-corrected chi connectivity index (χ1v) is 7.35. The van der Waals surface area contributed by atoms with Gasteiger partial charge in [-0.3, -0.25) is 0 Å². The topological polar surface area (TPSA) is 12.0 Å². The van der Waals surface area contributed by atoms with Gasteiger partial charge in [-0.05, 0) is 49.2 Å². The first kappa shape index (κ1) is 15.9. The zero-order valence-electron chi connectivity index (χ0n) is 12.1. The molecule has 2 aromatic carbocycles. The summed E-state index contributed by atoms with van der Waals surface area (Å²) in [5.74, 6) is -0.728. The van der Waals surface area contributed by atoms with Crippen LogP contribution in [0.25, 0.3) is 0 Å². The van der Waals surface area contributed by atoms with Crippen molar-refractivity contribution >= 4 is 11.6 Å². The SMILES string of the molecule is CCCNC(c1ccc(F)cc1C)c1cccc(Cl)c1F. The molecular formula is C17H18ClF2N. The number of nitrogens with one attached hydrogen (secondary N) is 1. The second-order valence-electron chi connectivity index (χ2n) is 5.03. The van der Waals surface area contributed by atoms with Crippen LogP contribution in [0, 0.1) is 18.6 Å². The predicted octanol–water partition coefficient (Wildman–Crippen LogP) is 5.02. The molecular weight excluding hydrogens is 292 g/mol. The minimum absolute atomic E-state index is 0.0931. The molecule has 1 N–H and O–H groups in total. The molecule has 0 spiro atoms. The van der Waals surface area contributed by atoms with Gasteiger partial charge in [0.15, 0.2) is 0 Å². The number of benzene rings is 2. The Hall–Kier alpha value is -1.45. The van der Waals surface area contributed by atoms with E-state index >= 15 is 0 Å². The van der Waals surface area contributed by atoms with Gasteiger partial charge in [-0.25, -0.2) is 8.78 Å². The molecule has 0 aliphatic rings.